The Hall–Kier alpha value is -0.280. The number of benzene rings is 1. The van der Waals surface area contributed by atoms with Gasteiger partial charge in [-0.2, -0.15) is 0 Å². The van der Waals surface area contributed by atoms with Crippen LogP contribution in [0.25, 0.3) is 0 Å². The predicted octanol–water partition coefficient (Wildman–Crippen LogP) is 3.41. The van der Waals surface area contributed by atoms with Crippen molar-refractivity contribution in [3.05, 3.63) is 34.9 Å². The van der Waals surface area contributed by atoms with Gasteiger partial charge in [0.05, 0.1) is 0 Å². The van der Waals surface area contributed by atoms with Gasteiger partial charge in [-0.05, 0) is 63.0 Å². The van der Waals surface area contributed by atoms with E-state index in [0.717, 1.165) is 17.5 Å². The summed E-state index contributed by atoms with van der Waals surface area (Å²) in [4.78, 5) is 0. The van der Waals surface area contributed by atoms with E-state index in [1.165, 1.54) is 31.5 Å². The smallest absolute Gasteiger partial charge is 0.0406 e. The average molecular weight is 289 g/mol. The van der Waals surface area contributed by atoms with Gasteiger partial charge in [-0.15, -0.1) is 12.4 Å². The Morgan fingerprint density at radius 1 is 1.28 bits per heavy atom. The van der Waals surface area contributed by atoms with Crippen molar-refractivity contribution in [1.29, 1.82) is 0 Å². The third kappa shape index (κ3) is 4.77. The van der Waals surface area contributed by atoms with Gasteiger partial charge >= 0.3 is 0 Å². The fraction of sp³-hybridized carbons (Fsp3) is 0.571. The maximum Gasteiger partial charge on any atom is 0.0406 e. The third-order valence-electron chi connectivity index (χ3n) is 3.54. The number of piperidine rings is 1. The Bertz CT molecular complexity index is 334. The van der Waals surface area contributed by atoms with Crippen LogP contribution in [0.5, 0.6) is 0 Å². The van der Waals surface area contributed by atoms with E-state index in [-0.39, 0.29) is 12.4 Å². The van der Waals surface area contributed by atoms with Crippen LogP contribution < -0.4 is 10.6 Å². The Balaban J connectivity index is 0.00000162. The summed E-state index contributed by atoms with van der Waals surface area (Å²) in [5.41, 5.74) is 1.31. The molecule has 102 valence electrons. The monoisotopic (exact) mass is 288 g/mol. The van der Waals surface area contributed by atoms with Crippen molar-refractivity contribution >= 4 is 24.0 Å². The lowest BCUT2D eigenvalue weighted by Crippen LogP contribution is -2.34. The van der Waals surface area contributed by atoms with Crippen LogP contribution in [0.3, 0.4) is 0 Å². The van der Waals surface area contributed by atoms with Gasteiger partial charge in [0.2, 0.25) is 0 Å². The molecule has 0 bridgehead atoms. The van der Waals surface area contributed by atoms with Gasteiger partial charge in [-0.1, -0.05) is 23.7 Å². The van der Waals surface area contributed by atoms with Gasteiger partial charge in [0.1, 0.15) is 0 Å². The molecular formula is C14H22Cl2N2. The maximum atomic E-state index is 5.89. The molecule has 18 heavy (non-hydrogen) atoms. The zero-order chi connectivity index (χ0) is 12.1. The van der Waals surface area contributed by atoms with Crippen LogP contribution in [0.2, 0.25) is 5.02 Å². The Kier molecular flexibility index (Phi) is 7.02. The molecule has 1 heterocycles. The lowest BCUT2D eigenvalue weighted by atomic mass is 9.97. The minimum absolute atomic E-state index is 0. The van der Waals surface area contributed by atoms with Crippen LogP contribution in [0.4, 0.5) is 0 Å². The van der Waals surface area contributed by atoms with E-state index in [9.17, 15) is 0 Å². The van der Waals surface area contributed by atoms with Crippen LogP contribution >= 0.6 is 24.0 Å². The lowest BCUT2D eigenvalue weighted by Gasteiger charge is -2.25. The highest BCUT2D eigenvalue weighted by Gasteiger charge is 2.14. The first kappa shape index (κ1) is 15.8. The van der Waals surface area contributed by atoms with Crippen molar-refractivity contribution in [2.75, 3.05) is 19.6 Å². The molecule has 0 aliphatic carbocycles. The van der Waals surface area contributed by atoms with Crippen molar-refractivity contribution in [3.63, 3.8) is 0 Å². The Morgan fingerprint density at radius 3 is 2.50 bits per heavy atom. The highest BCUT2D eigenvalue weighted by molar-refractivity contribution is 6.30. The van der Waals surface area contributed by atoms with E-state index in [0.29, 0.717) is 6.04 Å². The van der Waals surface area contributed by atoms with Gasteiger partial charge in [-0.25, -0.2) is 0 Å². The standard InChI is InChI=1S/C14H21ClN2.ClH/c1-11(13-2-4-14(15)5-3-13)17-10-12-6-8-16-9-7-12;/h2-5,11-12,16-17H,6-10H2,1H3;1H/t11-;/m1./s1. The number of hydrogen-bond donors (Lipinski definition) is 2. The van der Waals surface area contributed by atoms with Crippen molar-refractivity contribution in [2.45, 2.75) is 25.8 Å². The second-order valence-corrected chi connectivity index (χ2v) is 5.31. The van der Waals surface area contributed by atoms with E-state index >= 15 is 0 Å². The van der Waals surface area contributed by atoms with E-state index in [2.05, 4.69) is 29.7 Å². The van der Waals surface area contributed by atoms with Gasteiger partial charge in [0.15, 0.2) is 0 Å². The molecule has 2 nitrogen and oxygen atoms in total. The van der Waals surface area contributed by atoms with Crippen LogP contribution in [-0.2, 0) is 0 Å². The van der Waals surface area contributed by atoms with Crippen LogP contribution in [0.15, 0.2) is 24.3 Å². The topological polar surface area (TPSA) is 24.1 Å². The molecule has 0 saturated carbocycles. The molecule has 0 aromatic heterocycles. The molecule has 0 amide bonds. The van der Waals surface area contributed by atoms with E-state index in [1.54, 1.807) is 0 Å². The highest BCUT2D eigenvalue weighted by Crippen LogP contribution is 2.17. The Labute approximate surface area is 121 Å². The molecular weight excluding hydrogens is 267 g/mol. The van der Waals surface area contributed by atoms with Crippen LogP contribution in [0.1, 0.15) is 31.4 Å². The first-order valence-corrected chi connectivity index (χ1v) is 6.83. The molecule has 0 unspecified atom stereocenters. The number of nitrogens with one attached hydrogen (secondary N) is 2. The van der Waals surface area contributed by atoms with Gasteiger partial charge < -0.3 is 10.6 Å². The van der Waals surface area contributed by atoms with Crippen molar-refractivity contribution in [2.24, 2.45) is 5.92 Å². The highest BCUT2D eigenvalue weighted by atomic mass is 35.5. The third-order valence-corrected chi connectivity index (χ3v) is 3.79. The predicted molar refractivity (Wildman–Crippen MR) is 80.7 cm³/mol. The van der Waals surface area contributed by atoms with Crippen LogP contribution in [0, 0.1) is 5.92 Å². The van der Waals surface area contributed by atoms with E-state index < -0.39 is 0 Å². The minimum Gasteiger partial charge on any atom is -0.317 e. The molecule has 1 aromatic carbocycles. The molecule has 1 aromatic rings. The van der Waals surface area contributed by atoms with Gasteiger partial charge in [-0.3, -0.25) is 0 Å². The summed E-state index contributed by atoms with van der Waals surface area (Å²) < 4.78 is 0. The zero-order valence-electron chi connectivity index (χ0n) is 10.8. The van der Waals surface area contributed by atoms with E-state index in [4.69, 9.17) is 11.6 Å². The molecule has 1 saturated heterocycles. The molecule has 0 radical (unpaired) electrons. The second kappa shape index (κ2) is 8.00. The summed E-state index contributed by atoms with van der Waals surface area (Å²) in [5, 5.41) is 7.82. The van der Waals surface area contributed by atoms with Gasteiger partial charge in [0.25, 0.3) is 0 Å². The number of halogens is 2. The molecule has 1 aliphatic rings. The molecule has 2 N–H and O–H groups in total. The molecule has 1 fully saturated rings. The van der Waals surface area contributed by atoms with E-state index in [1.807, 2.05) is 12.1 Å². The molecule has 2 rings (SSSR count). The molecule has 1 atom stereocenters. The summed E-state index contributed by atoms with van der Waals surface area (Å²) in [6.07, 6.45) is 2.58. The number of rotatable bonds is 4. The minimum atomic E-state index is 0. The quantitative estimate of drug-likeness (QED) is 0.887. The zero-order valence-corrected chi connectivity index (χ0v) is 12.4. The first-order chi connectivity index (χ1) is 8.25. The fourth-order valence-electron chi connectivity index (χ4n) is 2.30. The summed E-state index contributed by atoms with van der Waals surface area (Å²) in [6.45, 7) is 5.67. The SMILES string of the molecule is C[C@@H](NCC1CCNCC1)c1ccc(Cl)cc1.Cl. The molecule has 0 spiro atoms. The fourth-order valence-corrected chi connectivity index (χ4v) is 2.42. The normalized spacial score (nSPS) is 18.1. The molecule has 1 aliphatic heterocycles. The summed E-state index contributed by atoms with van der Waals surface area (Å²) in [7, 11) is 0. The summed E-state index contributed by atoms with van der Waals surface area (Å²) >= 11 is 5.89. The van der Waals surface area contributed by atoms with Crippen LogP contribution in [-0.4, -0.2) is 19.6 Å². The Morgan fingerprint density at radius 2 is 1.89 bits per heavy atom. The van der Waals surface area contributed by atoms with Gasteiger partial charge in [0, 0.05) is 11.1 Å². The lowest BCUT2D eigenvalue weighted by molar-refractivity contribution is 0.345. The largest absolute Gasteiger partial charge is 0.317 e. The van der Waals surface area contributed by atoms with Crippen molar-refractivity contribution < 1.29 is 0 Å². The number of hydrogen-bond acceptors (Lipinski definition) is 2. The summed E-state index contributed by atoms with van der Waals surface area (Å²) in [6, 6.07) is 8.52. The maximum absolute atomic E-state index is 5.89. The van der Waals surface area contributed by atoms with Crippen molar-refractivity contribution in [3.8, 4) is 0 Å². The average Bonchev–Trinajstić information content (AvgIpc) is 2.38. The molecule has 4 heteroatoms. The summed E-state index contributed by atoms with van der Waals surface area (Å²) in [5.74, 6) is 0.825. The first-order valence-electron chi connectivity index (χ1n) is 6.45. The second-order valence-electron chi connectivity index (χ2n) is 4.87. The van der Waals surface area contributed by atoms with Crippen molar-refractivity contribution in [1.82, 2.24) is 10.6 Å².